The van der Waals surface area contributed by atoms with Crippen LogP contribution in [0.1, 0.15) is 307 Å². The van der Waals surface area contributed by atoms with Crippen molar-refractivity contribution < 1.29 is 4.68 Å². The average molecular weight is 944 g/mol. The van der Waals surface area contributed by atoms with Gasteiger partial charge in [-0.05, 0) is 107 Å². The third-order valence-corrected chi connectivity index (χ3v) is 15.0. The van der Waals surface area contributed by atoms with Gasteiger partial charge in [0.2, 0.25) is 11.4 Å². The molecule has 0 aliphatic carbocycles. The van der Waals surface area contributed by atoms with Crippen molar-refractivity contribution in [3.8, 4) is 0 Å². The number of aryl methyl sites for hydroxylation is 2. The van der Waals surface area contributed by atoms with E-state index < -0.39 is 0 Å². The van der Waals surface area contributed by atoms with Crippen LogP contribution in [0.5, 0.6) is 0 Å². The van der Waals surface area contributed by atoms with E-state index in [-0.39, 0.29) is 0 Å². The molecule has 0 aromatic heterocycles. The molecule has 0 atom stereocenters. The smallest absolute Gasteiger partial charge is 0.216 e. The lowest BCUT2D eigenvalue weighted by molar-refractivity contribution is -0.347. The van der Waals surface area contributed by atoms with E-state index in [1.807, 2.05) is 4.68 Å². The lowest BCUT2D eigenvalue weighted by Crippen LogP contribution is -2.14. The molecule has 1 heterocycles. The summed E-state index contributed by atoms with van der Waals surface area (Å²) < 4.78 is 1.87. The first kappa shape index (κ1) is 60.2. The second-order valence-electron chi connectivity index (χ2n) is 21.2. The molecule has 2 aromatic carbocycles. The lowest BCUT2D eigenvalue weighted by Gasteiger charge is -2.13. The number of nitrogens with one attached hydrogen (secondary N) is 1. The first-order valence-corrected chi connectivity index (χ1v) is 30.5. The summed E-state index contributed by atoms with van der Waals surface area (Å²) in [5, 5.41) is 0. The van der Waals surface area contributed by atoms with Crippen molar-refractivity contribution in [2.75, 3.05) is 0 Å². The van der Waals surface area contributed by atoms with Crippen LogP contribution in [0.4, 0.5) is 0 Å². The first-order valence-electron chi connectivity index (χ1n) is 30.5. The van der Waals surface area contributed by atoms with Gasteiger partial charge in [-0.1, -0.05) is 281 Å². The Kier molecular flexibility index (Phi) is 37.1. The molecule has 0 radical (unpaired) electrons. The van der Waals surface area contributed by atoms with Crippen LogP contribution >= 0.6 is 0 Å². The van der Waals surface area contributed by atoms with Crippen molar-refractivity contribution in [2.45, 2.75) is 297 Å². The highest BCUT2D eigenvalue weighted by Crippen LogP contribution is 2.40. The second-order valence-corrected chi connectivity index (χ2v) is 21.2. The average Bonchev–Trinajstić information content (AvgIpc) is 3.64. The zero-order valence-corrected chi connectivity index (χ0v) is 46.2. The summed E-state index contributed by atoms with van der Waals surface area (Å²) in [5.41, 5.74) is 10.3. The summed E-state index contributed by atoms with van der Waals surface area (Å²) in [6, 6.07) is 18.1. The zero-order valence-electron chi connectivity index (χ0n) is 46.2. The number of allylic oxidation sites excluding steroid dienone is 7. The van der Waals surface area contributed by atoms with Crippen molar-refractivity contribution in [3.05, 3.63) is 118 Å². The monoisotopic (exact) mass is 943 g/mol. The molecule has 0 bridgehead atoms. The Hall–Kier alpha value is -3.13. The molecule has 2 aromatic rings. The van der Waals surface area contributed by atoms with E-state index in [1.54, 1.807) is 0 Å². The molecule has 388 valence electrons. The van der Waals surface area contributed by atoms with E-state index in [0.29, 0.717) is 0 Å². The Balaban J connectivity index is 1.51. The third-order valence-electron chi connectivity index (χ3n) is 15.0. The number of rotatable bonds is 46. The lowest BCUT2D eigenvalue weighted by atomic mass is 9.88. The highest BCUT2D eigenvalue weighted by Gasteiger charge is 2.36. The SMILES string of the molecule is CCCCC=C1C(CCCC)=C(c2ccccc2CCCC=CCCCCCCCCCCCCCCCC)[N+]([NH-])=C1c1ccccc1CCCC=CCCCCCCCCCCCCCCCC. The van der Waals surface area contributed by atoms with Gasteiger partial charge in [0.05, 0.1) is 5.57 Å². The van der Waals surface area contributed by atoms with E-state index in [1.165, 1.54) is 239 Å². The number of hydrogen-bond donors (Lipinski definition) is 0. The molecule has 0 saturated heterocycles. The van der Waals surface area contributed by atoms with Gasteiger partial charge in [-0.3, -0.25) is 0 Å². The Morgan fingerprint density at radius 2 is 0.696 bits per heavy atom. The summed E-state index contributed by atoms with van der Waals surface area (Å²) >= 11 is 0. The normalized spacial score (nSPS) is 13.8. The quantitative estimate of drug-likeness (QED) is 0.0359. The molecule has 0 saturated carbocycles. The van der Waals surface area contributed by atoms with Crippen molar-refractivity contribution in [3.63, 3.8) is 0 Å². The van der Waals surface area contributed by atoms with Gasteiger partial charge in [0, 0.05) is 16.7 Å². The van der Waals surface area contributed by atoms with Crippen LogP contribution in [0.25, 0.3) is 11.5 Å². The fraction of sp³-hybridized carbons (Fsp3) is 0.687. The molecule has 1 aliphatic rings. The zero-order chi connectivity index (χ0) is 49.1. The van der Waals surface area contributed by atoms with Crippen LogP contribution in [0.15, 0.2) is 90.1 Å². The standard InChI is InChI=1S/C67H110N2/c1-5-9-13-15-17-19-21-23-25-27-29-31-33-35-37-39-41-43-46-52-60-54-48-50-57-62(60)66-64(56-12-8-4)65(59-45-11-7-3)67(69(66)68)63-58-51-49-55-61(63)53-47-44-42-40-38-36-34-32-30-28-26-24-22-20-18-16-14-10-6-2/h39-42,48-51,54-55,57-59,68H,5-38,43-47,52-53,56H2,1-4H3. The molecule has 0 unspecified atom stereocenters. The molecular weight excluding hydrogens is 833 g/mol. The van der Waals surface area contributed by atoms with Crippen molar-refractivity contribution >= 4 is 11.4 Å². The molecule has 3 rings (SSSR count). The van der Waals surface area contributed by atoms with Gasteiger partial charge in [-0.25, -0.2) is 4.68 Å². The van der Waals surface area contributed by atoms with Crippen LogP contribution in [-0.4, -0.2) is 10.4 Å². The topological polar surface area (TPSA) is 26.8 Å². The number of hydrogen-bond acceptors (Lipinski definition) is 0. The summed E-state index contributed by atoms with van der Waals surface area (Å²) in [6.45, 7) is 9.22. The molecule has 69 heavy (non-hydrogen) atoms. The predicted molar refractivity (Wildman–Crippen MR) is 310 cm³/mol. The van der Waals surface area contributed by atoms with Crippen LogP contribution in [0.3, 0.4) is 0 Å². The van der Waals surface area contributed by atoms with Crippen molar-refractivity contribution in [1.29, 1.82) is 0 Å². The maximum Gasteiger partial charge on any atom is 0.216 e. The number of unbranched alkanes of at least 4 members (excludes halogenated alkanes) is 33. The number of nitrogens with zero attached hydrogens (tertiary/aromatic N) is 1. The van der Waals surface area contributed by atoms with Crippen molar-refractivity contribution in [2.24, 2.45) is 0 Å². The Morgan fingerprint density at radius 1 is 0.348 bits per heavy atom. The Labute approximate surface area is 429 Å². The van der Waals surface area contributed by atoms with Gasteiger partial charge in [0.15, 0.2) is 0 Å². The van der Waals surface area contributed by atoms with Crippen LogP contribution in [-0.2, 0) is 12.8 Å². The van der Waals surface area contributed by atoms with E-state index >= 15 is 0 Å². The Bertz CT molecular complexity index is 1700. The van der Waals surface area contributed by atoms with E-state index in [9.17, 15) is 5.84 Å². The van der Waals surface area contributed by atoms with Crippen LogP contribution in [0, 0.1) is 0 Å². The first-order chi connectivity index (χ1) is 34.2. The summed E-state index contributed by atoms with van der Waals surface area (Å²) in [7, 11) is 0. The molecule has 2 nitrogen and oxygen atoms in total. The minimum Gasteiger partial charge on any atom is -0.448 e. The maximum absolute atomic E-state index is 10.0. The molecule has 0 spiro atoms. The van der Waals surface area contributed by atoms with E-state index in [0.717, 1.165) is 75.6 Å². The summed E-state index contributed by atoms with van der Waals surface area (Å²) in [4.78, 5) is 0. The Morgan fingerprint density at radius 3 is 1.12 bits per heavy atom. The van der Waals surface area contributed by atoms with E-state index in [4.69, 9.17) is 0 Å². The largest absolute Gasteiger partial charge is 0.448 e. The molecule has 2 heteroatoms. The summed E-state index contributed by atoms with van der Waals surface area (Å²) in [5.74, 6) is 10.0. The van der Waals surface area contributed by atoms with Crippen molar-refractivity contribution in [1.82, 2.24) is 0 Å². The third kappa shape index (κ3) is 26.8. The van der Waals surface area contributed by atoms with E-state index in [2.05, 4.69) is 107 Å². The van der Waals surface area contributed by atoms with Gasteiger partial charge in [0.25, 0.3) is 0 Å². The van der Waals surface area contributed by atoms with Gasteiger partial charge < -0.3 is 5.84 Å². The molecule has 1 aliphatic heterocycles. The highest BCUT2D eigenvalue weighted by atomic mass is 15.3. The van der Waals surface area contributed by atoms with Gasteiger partial charge in [-0.15, -0.1) is 0 Å². The summed E-state index contributed by atoms with van der Waals surface area (Å²) in [6.07, 6.45) is 67.9. The molecule has 1 N–H and O–H groups in total. The van der Waals surface area contributed by atoms with Gasteiger partial charge in [-0.2, -0.15) is 0 Å². The predicted octanol–water partition coefficient (Wildman–Crippen LogP) is 22.7. The fourth-order valence-corrected chi connectivity index (χ4v) is 10.6. The molecule has 0 amide bonds. The van der Waals surface area contributed by atoms with Crippen LogP contribution in [0.2, 0.25) is 0 Å². The maximum atomic E-state index is 10.0. The minimum absolute atomic E-state index is 1.02. The second kappa shape index (κ2) is 42.5. The van der Waals surface area contributed by atoms with Gasteiger partial charge in [0.1, 0.15) is 0 Å². The number of benzene rings is 2. The molecule has 0 fully saturated rings. The van der Waals surface area contributed by atoms with Crippen LogP contribution < -0.4 is 0 Å². The fourth-order valence-electron chi connectivity index (χ4n) is 10.6. The minimum atomic E-state index is 1.02. The molecular formula is C67H110N2. The highest BCUT2D eigenvalue weighted by molar-refractivity contribution is 6.17. The van der Waals surface area contributed by atoms with Gasteiger partial charge >= 0.3 is 0 Å².